The van der Waals surface area contributed by atoms with E-state index in [9.17, 15) is 39.6 Å². The van der Waals surface area contributed by atoms with Crippen molar-refractivity contribution in [2.75, 3.05) is 50.0 Å². The summed E-state index contributed by atoms with van der Waals surface area (Å²) in [5, 5.41) is 24.5. The van der Waals surface area contributed by atoms with E-state index < -0.39 is 34.3 Å². The predicted octanol–water partition coefficient (Wildman–Crippen LogP) is 2.51. The lowest BCUT2D eigenvalue weighted by molar-refractivity contribution is -0.193. The van der Waals surface area contributed by atoms with Crippen LogP contribution in [-0.4, -0.2) is 108 Å². The average molecular weight is 714 g/mol. The van der Waals surface area contributed by atoms with E-state index in [1.54, 1.807) is 36.5 Å². The summed E-state index contributed by atoms with van der Waals surface area (Å²) in [6.07, 6.45) is -6.54. The summed E-state index contributed by atoms with van der Waals surface area (Å²) in [5.74, 6) is -4.73. The second-order valence-electron chi connectivity index (χ2n) is 9.92. The fourth-order valence-electron chi connectivity index (χ4n) is 4.19. The molecule has 2 aromatic heterocycles. The van der Waals surface area contributed by atoms with Crippen molar-refractivity contribution in [3.05, 3.63) is 46.9 Å². The molecule has 1 atom stereocenters. The van der Waals surface area contributed by atoms with Gasteiger partial charge in [-0.15, -0.1) is 0 Å². The molecular weight excluding hydrogens is 684 g/mol. The SMILES string of the molecule is O=C(O)C(F)(F)F.O=C(O)C(F)(F)F.O=c1[nH]ccc2nc(N[C@@H]3CCCNC3)nc(Nc3ccc(S(=O)(=O)N4CCOCC4)cc3)c12. The van der Waals surface area contributed by atoms with E-state index >= 15 is 0 Å². The number of fused-ring (bicyclic) bond motifs is 1. The number of aliphatic carboxylic acids is 2. The summed E-state index contributed by atoms with van der Waals surface area (Å²) in [5.41, 5.74) is 0.811. The van der Waals surface area contributed by atoms with Crippen molar-refractivity contribution in [1.82, 2.24) is 24.6 Å². The van der Waals surface area contributed by atoms with Gasteiger partial charge in [0.25, 0.3) is 5.56 Å². The number of nitrogens with zero attached hydrogens (tertiary/aromatic N) is 3. The topological polar surface area (TPSA) is 216 Å². The summed E-state index contributed by atoms with van der Waals surface area (Å²) in [4.78, 5) is 42.3. The zero-order valence-corrected chi connectivity index (χ0v) is 25.4. The molecule has 22 heteroatoms. The molecule has 0 spiro atoms. The summed E-state index contributed by atoms with van der Waals surface area (Å²) in [6, 6.07) is 8.35. The second-order valence-corrected chi connectivity index (χ2v) is 11.9. The number of aromatic nitrogens is 3. The molecule has 2 fully saturated rings. The number of alkyl halides is 6. The van der Waals surface area contributed by atoms with Crippen LogP contribution in [0.15, 0.2) is 46.2 Å². The lowest BCUT2D eigenvalue weighted by Crippen LogP contribution is -2.40. The number of carboxylic acids is 2. The summed E-state index contributed by atoms with van der Waals surface area (Å²) < 4.78 is 95.9. The number of aromatic amines is 1. The minimum atomic E-state index is -5.08. The van der Waals surface area contributed by atoms with E-state index in [0.717, 1.165) is 25.9 Å². The smallest absolute Gasteiger partial charge is 0.475 e. The fourth-order valence-corrected chi connectivity index (χ4v) is 5.59. The first-order valence-electron chi connectivity index (χ1n) is 13.8. The number of piperidine rings is 1. The normalized spacial score (nSPS) is 17.2. The molecule has 3 aromatic rings. The number of nitrogens with one attached hydrogen (secondary N) is 4. The first-order valence-corrected chi connectivity index (χ1v) is 15.3. The zero-order chi connectivity index (χ0) is 35.7. The molecule has 2 aliphatic heterocycles. The third-order valence-electron chi connectivity index (χ3n) is 6.46. The Morgan fingerprint density at radius 1 is 0.958 bits per heavy atom. The van der Waals surface area contributed by atoms with Gasteiger partial charge >= 0.3 is 24.3 Å². The summed E-state index contributed by atoms with van der Waals surface area (Å²) in [6.45, 7) is 3.27. The maximum Gasteiger partial charge on any atom is 0.490 e. The van der Waals surface area contributed by atoms with Crippen LogP contribution >= 0.6 is 0 Å². The molecule has 0 unspecified atom stereocenters. The van der Waals surface area contributed by atoms with Crippen molar-refractivity contribution >= 4 is 50.3 Å². The van der Waals surface area contributed by atoms with Gasteiger partial charge < -0.3 is 35.9 Å². The molecule has 48 heavy (non-hydrogen) atoms. The van der Waals surface area contributed by atoms with E-state index in [0.29, 0.717) is 54.7 Å². The van der Waals surface area contributed by atoms with Gasteiger partial charge in [-0.2, -0.15) is 35.6 Å². The Balaban J connectivity index is 0.000000376. The molecule has 4 heterocycles. The van der Waals surface area contributed by atoms with Crippen molar-refractivity contribution < 1.29 is 59.3 Å². The number of sulfonamides is 1. The van der Waals surface area contributed by atoms with Gasteiger partial charge in [-0.3, -0.25) is 4.79 Å². The Bertz CT molecular complexity index is 1700. The molecule has 0 bridgehead atoms. The first kappa shape index (κ1) is 37.9. The van der Waals surface area contributed by atoms with Crippen molar-refractivity contribution in [1.29, 1.82) is 0 Å². The fraction of sp³-hybridized carbons (Fsp3) is 0.423. The van der Waals surface area contributed by atoms with Gasteiger partial charge in [0.2, 0.25) is 16.0 Å². The zero-order valence-electron chi connectivity index (χ0n) is 24.6. The van der Waals surface area contributed by atoms with Crippen LogP contribution in [-0.2, 0) is 24.3 Å². The number of rotatable bonds is 6. The number of carboxylic acid groups (broad SMARTS) is 2. The third kappa shape index (κ3) is 10.7. The molecule has 1 aromatic carbocycles. The van der Waals surface area contributed by atoms with Crippen LogP contribution in [0.2, 0.25) is 0 Å². The van der Waals surface area contributed by atoms with Crippen molar-refractivity contribution in [3.63, 3.8) is 0 Å². The quantitative estimate of drug-likeness (QED) is 0.203. The highest BCUT2D eigenvalue weighted by atomic mass is 32.2. The van der Waals surface area contributed by atoms with Gasteiger partial charge in [-0.05, 0) is 49.7 Å². The van der Waals surface area contributed by atoms with Gasteiger partial charge in [0.1, 0.15) is 11.2 Å². The van der Waals surface area contributed by atoms with Gasteiger partial charge in [0.15, 0.2) is 0 Å². The van der Waals surface area contributed by atoms with Gasteiger partial charge in [-0.1, -0.05) is 0 Å². The molecule has 0 radical (unpaired) electrons. The Morgan fingerprint density at radius 3 is 2.06 bits per heavy atom. The largest absolute Gasteiger partial charge is 0.490 e. The first-order chi connectivity index (χ1) is 22.4. The van der Waals surface area contributed by atoms with Crippen LogP contribution in [0.1, 0.15) is 12.8 Å². The molecule has 0 amide bonds. The Labute approximate surface area is 267 Å². The molecule has 15 nitrogen and oxygen atoms in total. The number of benzene rings is 1. The standard InChI is InChI=1S/C22H27N7O4S.2C2HF3O2/c30-21-19-18(7-9-24-21)27-22(26-16-2-1-8-23-14-16)28-20(19)25-15-3-5-17(6-4-15)34(31,32)29-10-12-33-13-11-29;2*3-2(4,5)1(6)7/h3-7,9,16,23H,1-2,8,10-14H2,(H,24,30)(H2,25,26,27,28);2*(H,6,7)/t16-;;/m1../s1. The van der Waals surface area contributed by atoms with Gasteiger partial charge in [0, 0.05) is 37.6 Å². The number of H-pyrrole nitrogens is 1. The molecule has 0 saturated carbocycles. The van der Waals surface area contributed by atoms with Crippen LogP contribution < -0.4 is 21.5 Å². The molecule has 2 saturated heterocycles. The molecule has 6 N–H and O–H groups in total. The van der Waals surface area contributed by atoms with Crippen LogP contribution in [0, 0.1) is 0 Å². The van der Waals surface area contributed by atoms with E-state index in [2.05, 4.69) is 30.9 Å². The molecule has 264 valence electrons. The Hall–Kier alpha value is -4.54. The number of pyridine rings is 1. The van der Waals surface area contributed by atoms with Crippen LogP contribution in [0.4, 0.5) is 43.8 Å². The minimum absolute atomic E-state index is 0.200. The monoisotopic (exact) mass is 713 g/mol. The highest BCUT2D eigenvalue weighted by Crippen LogP contribution is 2.25. The Morgan fingerprint density at radius 2 is 1.54 bits per heavy atom. The minimum Gasteiger partial charge on any atom is -0.475 e. The summed E-state index contributed by atoms with van der Waals surface area (Å²) >= 11 is 0. The van der Waals surface area contributed by atoms with Gasteiger partial charge in [0.05, 0.1) is 23.6 Å². The van der Waals surface area contributed by atoms with E-state index in [1.165, 1.54) is 4.31 Å². The predicted molar refractivity (Wildman–Crippen MR) is 156 cm³/mol. The van der Waals surface area contributed by atoms with Gasteiger partial charge in [-0.25, -0.2) is 23.0 Å². The number of carbonyl (C=O) groups is 2. The third-order valence-corrected chi connectivity index (χ3v) is 8.37. The van der Waals surface area contributed by atoms with Crippen LogP contribution in [0.5, 0.6) is 0 Å². The van der Waals surface area contributed by atoms with Crippen molar-refractivity contribution in [2.24, 2.45) is 0 Å². The lowest BCUT2D eigenvalue weighted by atomic mass is 10.1. The number of ether oxygens (including phenoxy) is 1. The number of morpholine rings is 1. The highest BCUT2D eigenvalue weighted by molar-refractivity contribution is 7.89. The average Bonchev–Trinajstić information content (AvgIpc) is 3.02. The molecule has 2 aliphatic rings. The lowest BCUT2D eigenvalue weighted by Gasteiger charge is -2.26. The maximum absolute atomic E-state index is 12.9. The highest BCUT2D eigenvalue weighted by Gasteiger charge is 2.39. The number of anilines is 3. The molecular formula is C26H29F6N7O8S. The molecule has 0 aliphatic carbocycles. The number of hydrogen-bond acceptors (Lipinski definition) is 11. The van der Waals surface area contributed by atoms with E-state index in [4.69, 9.17) is 24.5 Å². The maximum atomic E-state index is 12.9. The van der Waals surface area contributed by atoms with E-state index in [-0.39, 0.29) is 16.5 Å². The summed E-state index contributed by atoms with van der Waals surface area (Å²) in [7, 11) is -3.59. The van der Waals surface area contributed by atoms with Crippen molar-refractivity contribution in [2.45, 2.75) is 36.1 Å². The van der Waals surface area contributed by atoms with Crippen molar-refractivity contribution in [3.8, 4) is 0 Å². The number of halogens is 6. The Kier molecular flexibility index (Phi) is 12.7. The number of hydrogen-bond donors (Lipinski definition) is 6. The van der Waals surface area contributed by atoms with E-state index in [1.807, 2.05) is 0 Å². The second kappa shape index (κ2) is 16.0. The van der Waals surface area contributed by atoms with Crippen LogP contribution in [0.3, 0.4) is 0 Å². The molecule has 5 rings (SSSR count). The van der Waals surface area contributed by atoms with Crippen LogP contribution in [0.25, 0.3) is 10.9 Å².